The average Bonchev–Trinajstić information content (AvgIpc) is 2.21. The van der Waals surface area contributed by atoms with Gasteiger partial charge < -0.3 is 15.5 Å². The first-order valence-electron chi connectivity index (χ1n) is 5.40. The zero-order chi connectivity index (χ0) is 12.1. The fourth-order valence-corrected chi connectivity index (χ4v) is 1.85. The van der Waals surface area contributed by atoms with E-state index in [0.29, 0.717) is 11.4 Å². The molecule has 0 radical (unpaired) electrons. The van der Waals surface area contributed by atoms with Crippen LogP contribution in [0.2, 0.25) is 5.02 Å². The number of phenols is 1. The summed E-state index contributed by atoms with van der Waals surface area (Å²) in [5, 5.41) is 22.4. The Balaban J connectivity index is 2.72. The number of rotatable bonds is 5. The second-order valence-electron chi connectivity index (χ2n) is 4.00. The van der Waals surface area contributed by atoms with Crippen LogP contribution in [-0.2, 0) is 0 Å². The minimum absolute atomic E-state index is 0.000231. The monoisotopic (exact) mass is 243 g/mol. The Kier molecular flexibility index (Phi) is 5.06. The molecule has 0 bridgehead atoms. The van der Waals surface area contributed by atoms with Crippen molar-refractivity contribution >= 4 is 11.6 Å². The van der Waals surface area contributed by atoms with Gasteiger partial charge in [0, 0.05) is 29.3 Å². The van der Waals surface area contributed by atoms with E-state index in [4.69, 9.17) is 16.7 Å². The van der Waals surface area contributed by atoms with Crippen LogP contribution < -0.4 is 5.32 Å². The molecule has 0 spiro atoms. The highest BCUT2D eigenvalue weighted by Gasteiger charge is 2.13. The summed E-state index contributed by atoms with van der Waals surface area (Å²) < 4.78 is 0. The Morgan fingerprint density at radius 3 is 2.69 bits per heavy atom. The van der Waals surface area contributed by atoms with E-state index in [9.17, 15) is 5.11 Å². The predicted molar refractivity (Wildman–Crippen MR) is 65.8 cm³/mol. The van der Waals surface area contributed by atoms with Crippen molar-refractivity contribution < 1.29 is 10.2 Å². The van der Waals surface area contributed by atoms with E-state index >= 15 is 0 Å². The van der Waals surface area contributed by atoms with Gasteiger partial charge in [-0.2, -0.15) is 0 Å². The number of halogens is 1. The lowest BCUT2D eigenvalue weighted by atomic mass is 10.1. The van der Waals surface area contributed by atoms with E-state index in [2.05, 4.69) is 5.32 Å². The standard InChI is InChI=1S/C12H18ClNO2/c1-8(5-6-15)14-9(2)11-7-10(13)3-4-12(11)16/h3-4,7-9,14-16H,5-6H2,1-2H3/t8-,9?/m1/s1. The average molecular weight is 244 g/mol. The second-order valence-corrected chi connectivity index (χ2v) is 4.44. The van der Waals surface area contributed by atoms with Crippen LogP contribution in [0.5, 0.6) is 5.75 Å². The number of aliphatic hydroxyl groups is 1. The third-order valence-electron chi connectivity index (χ3n) is 2.55. The summed E-state index contributed by atoms with van der Waals surface area (Å²) in [7, 11) is 0. The Morgan fingerprint density at radius 2 is 2.06 bits per heavy atom. The van der Waals surface area contributed by atoms with Crippen molar-refractivity contribution in [2.75, 3.05) is 6.61 Å². The van der Waals surface area contributed by atoms with Gasteiger partial charge in [0.1, 0.15) is 5.75 Å². The summed E-state index contributed by atoms with van der Waals surface area (Å²) in [5.74, 6) is 0.237. The summed E-state index contributed by atoms with van der Waals surface area (Å²) >= 11 is 5.88. The molecule has 0 saturated heterocycles. The molecule has 1 rings (SSSR count). The van der Waals surface area contributed by atoms with Gasteiger partial charge in [-0.25, -0.2) is 0 Å². The van der Waals surface area contributed by atoms with Gasteiger partial charge in [-0.3, -0.25) is 0 Å². The molecule has 0 saturated carbocycles. The van der Waals surface area contributed by atoms with E-state index in [1.54, 1.807) is 18.2 Å². The largest absolute Gasteiger partial charge is 0.508 e. The van der Waals surface area contributed by atoms with Gasteiger partial charge in [-0.15, -0.1) is 0 Å². The summed E-state index contributed by atoms with van der Waals surface area (Å²) in [5.41, 5.74) is 0.775. The molecule has 0 aliphatic rings. The summed E-state index contributed by atoms with van der Waals surface area (Å²) in [6, 6.07) is 5.19. The number of aromatic hydroxyl groups is 1. The molecule has 0 fully saturated rings. The molecular weight excluding hydrogens is 226 g/mol. The summed E-state index contributed by atoms with van der Waals surface area (Å²) in [6.45, 7) is 4.11. The van der Waals surface area contributed by atoms with E-state index in [0.717, 1.165) is 5.56 Å². The molecule has 1 aromatic carbocycles. The zero-order valence-electron chi connectivity index (χ0n) is 9.57. The molecule has 3 nitrogen and oxygen atoms in total. The molecule has 0 aliphatic carbocycles. The normalized spacial score (nSPS) is 14.8. The maximum Gasteiger partial charge on any atom is 0.120 e. The SMILES string of the molecule is CC(N[C@H](C)CCO)c1cc(Cl)ccc1O. The highest BCUT2D eigenvalue weighted by atomic mass is 35.5. The highest BCUT2D eigenvalue weighted by Crippen LogP contribution is 2.27. The van der Waals surface area contributed by atoms with Crippen LogP contribution in [0.1, 0.15) is 31.9 Å². The number of aliphatic hydroxyl groups excluding tert-OH is 1. The van der Waals surface area contributed by atoms with Crippen LogP contribution in [0.3, 0.4) is 0 Å². The topological polar surface area (TPSA) is 52.5 Å². The number of hydrogen-bond donors (Lipinski definition) is 3. The molecule has 2 atom stereocenters. The minimum atomic E-state index is 0.000231. The quantitative estimate of drug-likeness (QED) is 0.745. The van der Waals surface area contributed by atoms with E-state index in [1.807, 2.05) is 13.8 Å². The van der Waals surface area contributed by atoms with Crippen molar-refractivity contribution in [3.05, 3.63) is 28.8 Å². The van der Waals surface area contributed by atoms with Crippen LogP contribution in [0, 0.1) is 0 Å². The van der Waals surface area contributed by atoms with Crippen LogP contribution in [-0.4, -0.2) is 22.9 Å². The van der Waals surface area contributed by atoms with Gasteiger partial charge >= 0.3 is 0 Å². The molecule has 90 valence electrons. The molecule has 0 aliphatic heterocycles. The van der Waals surface area contributed by atoms with E-state index < -0.39 is 0 Å². The van der Waals surface area contributed by atoms with Gasteiger partial charge in [-0.1, -0.05) is 11.6 Å². The summed E-state index contributed by atoms with van der Waals surface area (Å²) in [6.07, 6.45) is 0.686. The predicted octanol–water partition coefficient (Wildman–Crippen LogP) is 2.47. The molecule has 0 aromatic heterocycles. The number of nitrogens with one attached hydrogen (secondary N) is 1. The molecule has 3 N–H and O–H groups in total. The van der Waals surface area contributed by atoms with Gasteiger partial charge in [0.05, 0.1) is 0 Å². The zero-order valence-corrected chi connectivity index (χ0v) is 10.3. The molecular formula is C12H18ClNO2. The Hall–Kier alpha value is -0.770. The lowest BCUT2D eigenvalue weighted by molar-refractivity contribution is 0.264. The lowest BCUT2D eigenvalue weighted by Crippen LogP contribution is -2.29. The lowest BCUT2D eigenvalue weighted by Gasteiger charge is -2.20. The summed E-state index contributed by atoms with van der Waals surface area (Å²) in [4.78, 5) is 0. The van der Waals surface area contributed by atoms with Gasteiger partial charge in [0.15, 0.2) is 0 Å². The fourth-order valence-electron chi connectivity index (χ4n) is 1.67. The number of phenolic OH excluding ortho intramolecular Hbond substituents is 1. The molecule has 1 aromatic rings. The van der Waals surface area contributed by atoms with Crippen molar-refractivity contribution in [1.82, 2.24) is 5.32 Å². The third-order valence-corrected chi connectivity index (χ3v) is 2.79. The minimum Gasteiger partial charge on any atom is -0.508 e. The first-order valence-corrected chi connectivity index (χ1v) is 5.77. The Bertz CT molecular complexity index is 344. The van der Waals surface area contributed by atoms with Crippen molar-refractivity contribution in [1.29, 1.82) is 0 Å². The van der Waals surface area contributed by atoms with Crippen molar-refractivity contribution in [2.24, 2.45) is 0 Å². The van der Waals surface area contributed by atoms with Crippen LogP contribution in [0.15, 0.2) is 18.2 Å². The smallest absolute Gasteiger partial charge is 0.120 e. The molecule has 1 unspecified atom stereocenters. The Labute approximate surface area is 101 Å². The maximum atomic E-state index is 9.70. The molecule has 0 heterocycles. The highest BCUT2D eigenvalue weighted by molar-refractivity contribution is 6.30. The second kappa shape index (κ2) is 6.09. The van der Waals surface area contributed by atoms with Gasteiger partial charge in [-0.05, 0) is 38.5 Å². The van der Waals surface area contributed by atoms with Crippen molar-refractivity contribution in [3.63, 3.8) is 0 Å². The van der Waals surface area contributed by atoms with Crippen LogP contribution >= 0.6 is 11.6 Å². The van der Waals surface area contributed by atoms with Gasteiger partial charge in [0.25, 0.3) is 0 Å². The molecule has 0 amide bonds. The Morgan fingerprint density at radius 1 is 1.38 bits per heavy atom. The first kappa shape index (κ1) is 13.3. The van der Waals surface area contributed by atoms with E-state index in [-0.39, 0.29) is 24.4 Å². The number of hydrogen-bond acceptors (Lipinski definition) is 3. The van der Waals surface area contributed by atoms with E-state index in [1.165, 1.54) is 0 Å². The van der Waals surface area contributed by atoms with Crippen LogP contribution in [0.25, 0.3) is 0 Å². The third kappa shape index (κ3) is 3.67. The van der Waals surface area contributed by atoms with Crippen LogP contribution in [0.4, 0.5) is 0 Å². The fraction of sp³-hybridized carbons (Fsp3) is 0.500. The van der Waals surface area contributed by atoms with Gasteiger partial charge in [0.2, 0.25) is 0 Å². The molecule has 16 heavy (non-hydrogen) atoms. The van der Waals surface area contributed by atoms with Crippen molar-refractivity contribution in [2.45, 2.75) is 32.4 Å². The van der Waals surface area contributed by atoms with Crippen molar-refractivity contribution in [3.8, 4) is 5.75 Å². The maximum absolute atomic E-state index is 9.70. The number of benzene rings is 1. The first-order chi connectivity index (χ1) is 7.54. The molecule has 4 heteroatoms.